The van der Waals surface area contributed by atoms with Gasteiger partial charge in [0.05, 0.1) is 6.10 Å². The Morgan fingerprint density at radius 1 is 1.09 bits per heavy atom. The van der Waals surface area contributed by atoms with Gasteiger partial charge in [0.1, 0.15) is 0 Å². The summed E-state index contributed by atoms with van der Waals surface area (Å²) in [7, 11) is 2.24. The molecule has 0 spiro atoms. The van der Waals surface area contributed by atoms with E-state index in [1.165, 1.54) is 57.9 Å². The van der Waals surface area contributed by atoms with E-state index < -0.39 is 0 Å². The highest BCUT2D eigenvalue weighted by atomic mass is 16.6. The van der Waals surface area contributed by atoms with Crippen molar-refractivity contribution in [2.45, 2.75) is 70.4 Å². The predicted octanol–water partition coefficient (Wildman–Crippen LogP) is 4.99. The Morgan fingerprint density at radius 3 is 2.32 bits per heavy atom. The van der Waals surface area contributed by atoms with Gasteiger partial charge in [-0.15, -0.1) is 0 Å². The molecule has 0 radical (unpaired) electrons. The molecule has 1 aromatic rings. The Balaban J connectivity index is 0.000000142. The van der Waals surface area contributed by atoms with E-state index in [1.807, 2.05) is 18.2 Å². The van der Waals surface area contributed by atoms with Gasteiger partial charge in [-0.2, -0.15) is 0 Å². The summed E-state index contributed by atoms with van der Waals surface area (Å²) in [6, 6.07) is 6.79. The molecule has 1 aromatic carbocycles. The summed E-state index contributed by atoms with van der Waals surface area (Å²) < 4.78 is 11.2. The highest BCUT2D eigenvalue weighted by molar-refractivity contribution is 5.60. The van der Waals surface area contributed by atoms with Crippen molar-refractivity contribution in [2.75, 3.05) is 13.6 Å². The van der Waals surface area contributed by atoms with Gasteiger partial charge in [0, 0.05) is 6.04 Å². The first-order valence-corrected chi connectivity index (χ1v) is 8.95. The van der Waals surface area contributed by atoms with Crippen molar-refractivity contribution < 1.29 is 9.47 Å². The molecule has 3 heterocycles. The fraction of sp³-hybridized carbons (Fsp3) is 0.684. The Morgan fingerprint density at radius 2 is 1.77 bits per heavy atom. The number of rotatable bonds is 3. The predicted molar refractivity (Wildman–Crippen MR) is 90.0 cm³/mol. The van der Waals surface area contributed by atoms with Crippen molar-refractivity contribution in [1.82, 2.24) is 4.90 Å². The molecule has 1 saturated carbocycles. The van der Waals surface area contributed by atoms with Gasteiger partial charge in [-0.25, -0.2) is 0 Å². The molecule has 22 heavy (non-hydrogen) atoms. The second-order valence-corrected chi connectivity index (χ2v) is 6.75. The number of ether oxygens (including phenoxy) is 2. The average molecular weight is 303 g/mol. The van der Waals surface area contributed by atoms with E-state index in [-0.39, 0.29) is 0 Å². The highest BCUT2D eigenvalue weighted by Crippen LogP contribution is 2.50. The van der Waals surface area contributed by atoms with E-state index in [1.54, 1.807) is 0 Å². The van der Waals surface area contributed by atoms with Gasteiger partial charge in [0.15, 0.2) is 11.5 Å². The van der Waals surface area contributed by atoms with Crippen LogP contribution in [0.4, 0.5) is 0 Å². The summed E-state index contributed by atoms with van der Waals surface area (Å²) in [4.78, 5) is 2.49. The number of hydrogen-bond donors (Lipinski definition) is 0. The minimum Gasteiger partial charge on any atom is -0.483 e. The maximum atomic E-state index is 5.85. The van der Waals surface area contributed by atoms with Crippen LogP contribution in [0.25, 0.3) is 0 Å². The van der Waals surface area contributed by atoms with Gasteiger partial charge in [0.2, 0.25) is 5.75 Å². The van der Waals surface area contributed by atoms with Crippen LogP contribution in [-0.4, -0.2) is 30.6 Å². The second kappa shape index (κ2) is 7.36. The Hall–Kier alpha value is -1.22. The molecule has 1 aliphatic carbocycles. The van der Waals surface area contributed by atoms with E-state index in [0.717, 1.165) is 23.3 Å². The Kier molecular flexibility index (Phi) is 5.24. The first-order chi connectivity index (χ1) is 10.8. The number of likely N-dealkylation sites (tertiary alicyclic amines) is 1. The van der Waals surface area contributed by atoms with Crippen molar-refractivity contribution in [3.8, 4) is 17.2 Å². The molecule has 1 atom stereocenters. The van der Waals surface area contributed by atoms with Crippen LogP contribution in [0, 0.1) is 0 Å². The SMILES string of the molecule is CCC1CCCCN1C.c1cc2c(OC3CCCC3)c(c1)O2. The molecule has 5 rings (SSSR count). The molecule has 122 valence electrons. The Labute approximate surface area is 134 Å². The molecule has 1 saturated heterocycles. The molecule has 2 bridgehead atoms. The van der Waals surface area contributed by atoms with Crippen LogP contribution in [0.2, 0.25) is 0 Å². The normalized spacial score (nSPS) is 24.0. The summed E-state index contributed by atoms with van der Waals surface area (Å²) in [5.41, 5.74) is 0. The molecule has 1 unspecified atom stereocenters. The summed E-state index contributed by atoms with van der Waals surface area (Å²) in [5, 5.41) is 0. The Bertz CT molecular complexity index is 462. The molecule has 0 N–H and O–H groups in total. The zero-order chi connectivity index (χ0) is 15.4. The third-order valence-corrected chi connectivity index (χ3v) is 5.14. The monoisotopic (exact) mass is 303 g/mol. The largest absolute Gasteiger partial charge is 0.483 e. The number of nitrogens with zero attached hydrogens (tertiary/aromatic N) is 1. The first-order valence-electron chi connectivity index (χ1n) is 8.95. The van der Waals surface area contributed by atoms with E-state index in [9.17, 15) is 0 Å². The molecule has 3 nitrogen and oxygen atoms in total. The van der Waals surface area contributed by atoms with E-state index in [4.69, 9.17) is 9.47 Å². The zero-order valence-electron chi connectivity index (χ0n) is 14.0. The lowest BCUT2D eigenvalue weighted by atomic mass is 10.0. The van der Waals surface area contributed by atoms with Crippen molar-refractivity contribution in [3.63, 3.8) is 0 Å². The van der Waals surface area contributed by atoms with Crippen LogP contribution in [0.5, 0.6) is 17.2 Å². The van der Waals surface area contributed by atoms with Crippen LogP contribution < -0.4 is 9.47 Å². The number of hydrogen-bond acceptors (Lipinski definition) is 3. The van der Waals surface area contributed by atoms with Crippen LogP contribution >= 0.6 is 0 Å². The highest BCUT2D eigenvalue weighted by Gasteiger charge is 2.27. The summed E-state index contributed by atoms with van der Waals surface area (Å²) in [5.74, 6) is 2.79. The quantitative estimate of drug-likeness (QED) is 0.797. The maximum absolute atomic E-state index is 5.85. The van der Waals surface area contributed by atoms with Gasteiger partial charge in [-0.05, 0) is 70.7 Å². The van der Waals surface area contributed by atoms with E-state index in [2.05, 4.69) is 18.9 Å². The molecule has 0 aromatic heterocycles. The number of benzene rings is 1. The smallest absolute Gasteiger partial charge is 0.205 e. The first kappa shape index (κ1) is 15.7. The fourth-order valence-electron chi connectivity index (χ4n) is 3.68. The van der Waals surface area contributed by atoms with Gasteiger partial charge in [0.25, 0.3) is 0 Å². The van der Waals surface area contributed by atoms with Crippen molar-refractivity contribution in [2.24, 2.45) is 0 Å². The molecule has 2 fully saturated rings. The lowest BCUT2D eigenvalue weighted by Crippen LogP contribution is -2.35. The van der Waals surface area contributed by atoms with Crippen molar-refractivity contribution >= 4 is 0 Å². The summed E-state index contributed by atoms with van der Waals surface area (Å²) in [6.45, 7) is 3.60. The second-order valence-electron chi connectivity index (χ2n) is 6.75. The third kappa shape index (κ3) is 3.57. The lowest BCUT2D eigenvalue weighted by Gasteiger charge is -2.31. The minimum absolute atomic E-state index is 0.434. The molecular weight excluding hydrogens is 274 g/mol. The number of fused-ring (bicyclic) bond motifs is 2. The fourth-order valence-corrected chi connectivity index (χ4v) is 3.68. The molecule has 4 aliphatic rings. The summed E-state index contributed by atoms with van der Waals surface area (Å²) in [6.07, 6.45) is 11.1. The standard InChI is InChI=1S/C11H12O2.C8H17N/c1-2-5-8(4-1)12-11-9-6-3-7-10(11)13-9;1-3-8-6-4-5-7-9(8)2/h3,6-8H,1-2,4-5H2;8H,3-7H2,1-2H3. The van der Waals surface area contributed by atoms with Gasteiger partial charge in [-0.3, -0.25) is 0 Å². The van der Waals surface area contributed by atoms with Gasteiger partial charge >= 0.3 is 0 Å². The number of piperidine rings is 1. The maximum Gasteiger partial charge on any atom is 0.205 e. The lowest BCUT2D eigenvalue weighted by molar-refractivity contribution is 0.179. The average Bonchev–Trinajstić information content (AvgIpc) is 3.08. The van der Waals surface area contributed by atoms with Crippen LogP contribution in [0.1, 0.15) is 58.3 Å². The van der Waals surface area contributed by atoms with Crippen molar-refractivity contribution in [3.05, 3.63) is 18.2 Å². The molecule has 0 amide bonds. The minimum atomic E-state index is 0.434. The topological polar surface area (TPSA) is 21.7 Å². The van der Waals surface area contributed by atoms with E-state index >= 15 is 0 Å². The van der Waals surface area contributed by atoms with Crippen LogP contribution in [-0.2, 0) is 0 Å². The van der Waals surface area contributed by atoms with Gasteiger partial charge in [-0.1, -0.05) is 19.4 Å². The third-order valence-electron chi connectivity index (χ3n) is 5.14. The van der Waals surface area contributed by atoms with E-state index in [0.29, 0.717) is 6.10 Å². The van der Waals surface area contributed by atoms with Crippen LogP contribution in [0.15, 0.2) is 18.2 Å². The van der Waals surface area contributed by atoms with Crippen molar-refractivity contribution in [1.29, 1.82) is 0 Å². The molecular formula is C19H29NO2. The number of para-hydroxylation sites is 1. The molecule has 3 aliphatic heterocycles. The molecule has 3 heteroatoms. The van der Waals surface area contributed by atoms with Crippen LogP contribution in [0.3, 0.4) is 0 Å². The van der Waals surface area contributed by atoms with Gasteiger partial charge < -0.3 is 14.4 Å². The summed E-state index contributed by atoms with van der Waals surface area (Å²) >= 11 is 0. The zero-order valence-corrected chi connectivity index (χ0v) is 14.0.